The number of likely N-dealkylation sites (tertiary alicyclic amines) is 1. The fourth-order valence-electron chi connectivity index (χ4n) is 4.40. The molecular weight excluding hydrogens is 398 g/mol. The van der Waals surface area contributed by atoms with Gasteiger partial charge >= 0.3 is 0 Å². The number of halogens is 1. The maximum absolute atomic E-state index is 12.4. The lowest BCUT2D eigenvalue weighted by Gasteiger charge is -2.38. The zero-order valence-electron chi connectivity index (χ0n) is 18.3. The van der Waals surface area contributed by atoms with Crippen LogP contribution in [0.2, 0.25) is 5.02 Å². The number of anilines is 1. The summed E-state index contributed by atoms with van der Waals surface area (Å²) in [6, 6.07) is 5.80. The Hall–Kier alpha value is -1.98. The van der Waals surface area contributed by atoms with Crippen LogP contribution in [0.1, 0.15) is 38.7 Å². The van der Waals surface area contributed by atoms with Gasteiger partial charge in [-0.1, -0.05) is 38.6 Å². The number of carbonyl (C=O) groups is 1. The molecule has 0 saturated carbocycles. The van der Waals surface area contributed by atoms with Crippen molar-refractivity contribution in [3.63, 3.8) is 0 Å². The Morgan fingerprint density at radius 3 is 2.47 bits per heavy atom. The van der Waals surface area contributed by atoms with Crippen molar-refractivity contribution >= 4 is 28.9 Å². The Bertz CT molecular complexity index is 779. The van der Waals surface area contributed by atoms with Crippen LogP contribution in [0.3, 0.4) is 0 Å². The number of hydrogen-bond donors (Lipinski definition) is 1. The van der Waals surface area contributed by atoms with Crippen molar-refractivity contribution in [2.75, 3.05) is 44.7 Å². The molecule has 2 fully saturated rings. The first-order chi connectivity index (χ1) is 14.3. The maximum Gasteiger partial charge on any atom is 0.223 e. The summed E-state index contributed by atoms with van der Waals surface area (Å²) in [5, 5.41) is 4.09. The highest BCUT2D eigenvalue weighted by Gasteiger charge is 2.24. The summed E-state index contributed by atoms with van der Waals surface area (Å²) >= 11 is 6.31. The second kappa shape index (κ2) is 10.4. The minimum atomic E-state index is 0.151. The Labute approximate surface area is 185 Å². The number of piperidine rings is 1. The average Bonchev–Trinajstić information content (AvgIpc) is 2.72. The summed E-state index contributed by atoms with van der Waals surface area (Å²) in [5.74, 6) is 1.43. The maximum atomic E-state index is 12.4. The van der Waals surface area contributed by atoms with Crippen molar-refractivity contribution in [2.45, 2.75) is 33.1 Å². The number of ether oxygens (including phenoxy) is 1. The zero-order chi connectivity index (χ0) is 21.7. The van der Waals surface area contributed by atoms with Crippen LogP contribution in [0.25, 0.3) is 5.70 Å². The number of morpholine rings is 1. The molecule has 1 aromatic carbocycles. The molecule has 0 aliphatic carbocycles. The fourth-order valence-corrected chi connectivity index (χ4v) is 4.57. The van der Waals surface area contributed by atoms with E-state index in [-0.39, 0.29) is 5.91 Å². The number of hydrogen-bond acceptors (Lipinski definition) is 4. The molecule has 0 aromatic heterocycles. The molecule has 0 spiro atoms. The molecule has 5 nitrogen and oxygen atoms in total. The van der Waals surface area contributed by atoms with Crippen molar-refractivity contribution in [2.24, 2.45) is 11.8 Å². The summed E-state index contributed by atoms with van der Waals surface area (Å²) in [5.41, 5.74) is 3.72. The lowest BCUT2D eigenvalue weighted by molar-refractivity contribution is -0.135. The Morgan fingerprint density at radius 1 is 1.13 bits per heavy atom. The number of nitrogens with one attached hydrogen (secondary N) is 1. The Balaban J connectivity index is 1.63. The predicted octanol–water partition coefficient (Wildman–Crippen LogP) is 4.85. The van der Waals surface area contributed by atoms with E-state index in [0.717, 1.165) is 35.7 Å². The van der Waals surface area contributed by atoms with Gasteiger partial charge in [0, 0.05) is 60.3 Å². The quantitative estimate of drug-likeness (QED) is 0.670. The van der Waals surface area contributed by atoms with Gasteiger partial charge in [0.2, 0.25) is 5.91 Å². The lowest BCUT2D eigenvalue weighted by atomic mass is 9.91. The first kappa shape index (κ1) is 22.7. The van der Waals surface area contributed by atoms with Crippen molar-refractivity contribution in [1.29, 1.82) is 0 Å². The van der Waals surface area contributed by atoms with Gasteiger partial charge in [-0.15, -0.1) is 0 Å². The van der Waals surface area contributed by atoms with Crippen LogP contribution in [-0.4, -0.2) is 55.1 Å². The molecule has 2 aliphatic heterocycles. The molecule has 0 unspecified atom stereocenters. The Kier molecular flexibility index (Phi) is 7.84. The average molecular weight is 432 g/mol. The van der Waals surface area contributed by atoms with Gasteiger partial charge in [0.1, 0.15) is 0 Å². The number of amides is 1. The second-order valence-electron chi connectivity index (χ2n) is 8.71. The van der Waals surface area contributed by atoms with Crippen LogP contribution < -0.4 is 5.32 Å². The second-order valence-corrected chi connectivity index (χ2v) is 9.15. The van der Waals surface area contributed by atoms with E-state index in [1.54, 1.807) is 0 Å². The van der Waals surface area contributed by atoms with Crippen molar-refractivity contribution < 1.29 is 9.53 Å². The first-order valence-corrected chi connectivity index (χ1v) is 11.3. The van der Waals surface area contributed by atoms with E-state index in [1.165, 1.54) is 6.42 Å². The van der Waals surface area contributed by atoms with Crippen molar-refractivity contribution in [3.8, 4) is 0 Å². The molecule has 2 aliphatic rings. The van der Waals surface area contributed by atoms with Crippen LogP contribution in [0.15, 0.2) is 37.1 Å². The van der Waals surface area contributed by atoms with E-state index < -0.39 is 0 Å². The van der Waals surface area contributed by atoms with E-state index in [9.17, 15) is 4.79 Å². The predicted molar refractivity (Wildman–Crippen MR) is 124 cm³/mol. The molecule has 1 amide bonds. The summed E-state index contributed by atoms with van der Waals surface area (Å²) < 4.78 is 5.32. The van der Waals surface area contributed by atoms with Crippen molar-refractivity contribution in [3.05, 3.63) is 47.6 Å². The van der Waals surface area contributed by atoms with Gasteiger partial charge in [-0.3, -0.25) is 4.79 Å². The van der Waals surface area contributed by atoms with Gasteiger partial charge in [-0.05, 0) is 42.9 Å². The molecular formula is C24H34ClN3O2. The highest BCUT2D eigenvalue weighted by Crippen LogP contribution is 2.33. The van der Waals surface area contributed by atoms with Gasteiger partial charge in [0.05, 0.1) is 13.2 Å². The van der Waals surface area contributed by atoms with E-state index in [1.807, 2.05) is 23.1 Å². The first-order valence-electron chi connectivity index (χ1n) is 10.9. The van der Waals surface area contributed by atoms with Gasteiger partial charge in [-0.25, -0.2) is 0 Å². The third kappa shape index (κ3) is 6.02. The van der Waals surface area contributed by atoms with E-state index in [4.69, 9.17) is 16.3 Å². The molecule has 1 aromatic rings. The smallest absolute Gasteiger partial charge is 0.223 e. The Morgan fingerprint density at radius 2 is 1.80 bits per heavy atom. The van der Waals surface area contributed by atoms with Crippen LogP contribution in [0, 0.1) is 11.8 Å². The molecule has 2 saturated heterocycles. The molecule has 1 N–H and O–H groups in total. The van der Waals surface area contributed by atoms with Crippen LogP contribution in [0.5, 0.6) is 0 Å². The van der Waals surface area contributed by atoms with Gasteiger partial charge in [0.15, 0.2) is 0 Å². The third-order valence-electron chi connectivity index (χ3n) is 5.86. The third-order valence-corrected chi connectivity index (χ3v) is 6.09. The molecule has 30 heavy (non-hydrogen) atoms. The van der Waals surface area contributed by atoms with Crippen molar-refractivity contribution in [1.82, 2.24) is 9.80 Å². The summed E-state index contributed by atoms with van der Waals surface area (Å²) in [4.78, 5) is 16.6. The number of nitrogens with zero attached hydrogens (tertiary/aromatic N) is 2. The molecule has 3 rings (SSSR count). The van der Waals surface area contributed by atoms with Gasteiger partial charge in [-0.2, -0.15) is 0 Å². The molecule has 0 radical (unpaired) electrons. The lowest BCUT2D eigenvalue weighted by Crippen LogP contribution is -2.40. The minimum absolute atomic E-state index is 0.151. The molecule has 6 heteroatoms. The molecule has 2 atom stereocenters. The summed E-state index contributed by atoms with van der Waals surface area (Å²) in [6.07, 6.45) is 2.28. The van der Waals surface area contributed by atoms with Crippen LogP contribution >= 0.6 is 11.6 Å². The molecule has 164 valence electrons. The number of carbonyl (C=O) groups excluding carboxylic acids is 1. The van der Waals surface area contributed by atoms with Gasteiger partial charge < -0.3 is 19.9 Å². The van der Waals surface area contributed by atoms with Crippen LogP contribution in [-0.2, 0) is 9.53 Å². The minimum Gasteiger partial charge on any atom is -0.378 e. The highest BCUT2D eigenvalue weighted by atomic mass is 35.5. The fraction of sp³-hybridized carbons (Fsp3) is 0.542. The number of allylic oxidation sites excluding steroid dienone is 1. The SMILES string of the molecule is C=C(CCC(=O)N1CCOCC1)Nc1ccc(Cl)cc1C(=C)N1C[C@H](C)C[C@H](C)C1. The number of rotatable bonds is 7. The monoisotopic (exact) mass is 431 g/mol. The molecule has 0 bridgehead atoms. The van der Waals surface area contributed by atoms with E-state index in [2.05, 4.69) is 37.2 Å². The largest absolute Gasteiger partial charge is 0.378 e. The number of benzene rings is 1. The standard InChI is InChI=1S/C24H34ClN3O2/c1-17-13-18(2)16-28(15-17)20(4)22-14-21(25)6-7-23(22)26-19(3)5-8-24(29)27-9-11-30-12-10-27/h6-7,14,17-18,26H,3-5,8-13,15-16H2,1-2H3/t17-,18+. The molecule has 2 heterocycles. The highest BCUT2D eigenvalue weighted by molar-refractivity contribution is 6.30. The van der Waals surface area contributed by atoms with Gasteiger partial charge in [0.25, 0.3) is 0 Å². The van der Waals surface area contributed by atoms with E-state index in [0.29, 0.717) is 56.0 Å². The summed E-state index contributed by atoms with van der Waals surface area (Å²) in [7, 11) is 0. The normalized spacial score (nSPS) is 22.0. The summed E-state index contributed by atoms with van der Waals surface area (Å²) in [6.45, 7) is 17.7. The zero-order valence-corrected chi connectivity index (χ0v) is 19.0. The van der Waals surface area contributed by atoms with E-state index >= 15 is 0 Å². The van der Waals surface area contributed by atoms with Crippen LogP contribution in [0.4, 0.5) is 5.69 Å². The topological polar surface area (TPSA) is 44.8 Å².